The van der Waals surface area contributed by atoms with Gasteiger partial charge in [0.15, 0.2) is 0 Å². The predicted octanol–water partition coefficient (Wildman–Crippen LogP) is 4.15. The Morgan fingerprint density at radius 3 is 1.76 bits per heavy atom. The van der Waals surface area contributed by atoms with Crippen LogP contribution in [0.3, 0.4) is 0 Å². The molecule has 0 bridgehead atoms. The van der Waals surface area contributed by atoms with E-state index in [1.54, 1.807) is 0 Å². The maximum absolute atomic E-state index is 3.64. The smallest absolute Gasteiger partial charge is 0.0623 e. The van der Waals surface area contributed by atoms with Gasteiger partial charge in [-0.1, -0.05) is 24.3 Å². The van der Waals surface area contributed by atoms with Crippen LogP contribution in [-0.2, 0) is 12.8 Å². The maximum atomic E-state index is 3.64. The van der Waals surface area contributed by atoms with Crippen molar-refractivity contribution in [2.24, 2.45) is 0 Å². The fraction of sp³-hybridized carbons (Fsp3) is 0.333. The highest BCUT2D eigenvalue weighted by Gasteiger charge is 2.15. The van der Waals surface area contributed by atoms with Crippen molar-refractivity contribution < 1.29 is 0 Å². The number of aryl methyl sites for hydroxylation is 2. The summed E-state index contributed by atoms with van der Waals surface area (Å²) in [6, 6.07) is 13.1. The zero-order valence-corrected chi connectivity index (χ0v) is 12.2. The minimum Gasteiger partial charge on any atom is -0.383 e. The van der Waals surface area contributed by atoms with Gasteiger partial charge in [0.25, 0.3) is 0 Å². The van der Waals surface area contributed by atoms with E-state index in [9.17, 15) is 0 Å². The molecule has 0 amide bonds. The first kappa shape index (κ1) is 12.6. The lowest BCUT2D eigenvalue weighted by molar-refractivity contribution is 0.829. The molecule has 2 aromatic rings. The highest BCUT2D eigenvalue weighted by Crippen LogP contribution is 2.36. The SMILES string of the molecule is c1cc2c(c(Nc3cccc4c3NCCC4)c1)NCCC2. The van der Waals surface area contributed by atoms with Crippen LogP contribution in [0, 0.1) is 0 Å². The van der Waals surface area contributed by atoms with Crippen LogP contribution in [0.1, 0.15) is 24.0 Å². The summed E-state index contributed by atoms with van der Waals surface area (Å²) in [5, 5.41) is 10.7. The van der Waals surface area contributed by atoms with Gasteiger partial charge in [-0.05, 0) is 48.9 Å². The summed E-state index contributed by atoms with van der Waals surface area (Å²) in [5.74, 6) is 0. The van der Waals surface area contributed by atoms with Crippen LogP contribution in [0.15, 0.2) is 36.4 Å². The van der Waals surface area contributed by atoms with Gasteiger partial charge in [-0.15, -0.1) is 0 Å². The molecule has 3 nitrogen and oxygen atoms in total. The third-order valence-corrected chi connectivity index (χ3v) is 4.42. The number of para-hydroxylation sites is 2. The van der Waals surface area contributed by atoms with Gasteiger partial charge >= 0.3 is 0 Å². The lowest BCUT2D eigenvalue weighted by Crippen LogP contribution is -2.15. The Labute approximate surface area is 125 Å². The van der Waals surface area contributed by atoms with Gasteiger partial charge in [-0.3, -0.25) is 0 Å². The Bertz CT molecular complexity index is 606. The van der Waals surface area contributed by atoms with Gasteiger partial charge in [0.2, 0.25) is 0 Å². The van der Waals surface area contributed by atoms with Gasteiger partial charge in [-0.25, -0.2) is 0 Å². The standard InChI is InChI=1S/C18H21N3/c1-5-13-7-3-11-19-17(13)15(9-1)21-16-10-2-6-14-8-4-12-20-18(14)16/h1-2,5-6,9-10,19-21H,3-4,7-8,11-12H2. The summed E-state index contributed by atoms with van der Waals surface area (Å²) in [6.07, 6.45) is 4.78. The average molecular weight is 279 g/mol. The summed E-state index contributed by atoms with van der Waals surface area (Å²) in [5.41, 5.74) is 7.77. The fourth-order valence-electron chi connectivity index (χ4n) is 3.37. The first-order chi connectivity index (χ1) is 10.4. The second kappa shape index (κ2) is 5.32. The van der Waals surface area contributed by atoms with Crippen molar-refractivity contribution in [3.8, 4) is 0 Å². The molecule has 0 fully saturated rings. The molecular weight excluding hydrogens is 258 g/mol. The lowest BCUT2D eigenvalue weighted by atomic mass is 10.0. The molecule has 3 N–H and O–H groups in total. The van der Waals surface area contributed by atoms with Crippen molar-refractivity contribution in [3.63, 3.8) is 0 Å². The van der Waals surface area contributed by atoms with Crippen molar-refractivity contribution in [2.75, 3.05) is 29.0 Å². The van der Waals surface area contributed by atoms with Crippen molar-refractivity contribution in [1.82, 2.24) is 0 Å². The molecule has 4 rings (SSSR count). The van der Waals surface area contributed by atoms with E-state index in [0.29, 0.717) is 0 Å². The monoisotopic (exact) mass is 279 g/mol. The number of fused-ring (bicyclic) bond motifs is 2. The molecule has 0 saturated carbocycles. The molecule has 2 heterocycles. The topological polar surface area (TPSA) is 36.1 Å². The number of hydrogen-bond donors (Lipinski definition) is 3. The van der Waals surface area contributed by atoms with Crippen LogP contribution in [0.4, 0.5) is 22.7 Å². The van der Waals surface area contributed by atoms with Gasteiger partial charge in [0, 0.05) is 13.1 Å². The Balaban J connectivity index is 1.71. The minimum absolute atomic E-state index is 1.07. The van der Waals surface area contributed by atoms with Crippen LogP contribution in [0.25, 0.3) is 0 Å². The molecule has 2 aromatic carbocycles. The number of benzene rings is 2. The molecule has 21 heavy (non-hydrogen) atoms. The Morgan fingerprint density at radius 2 is 1.24 bits per heavy atom. The van der Waals surface area contributed by atoms with Gasteiger partial charge in [-0.2, -0.15) is 0 Å². The maximum Gasteiger partial charge on any atom is 0.0623 e. The van der Waals surface area contributed by atoms with Crippen molar-refractivity contribution in [2.45, 2.75) is 25.7 Å². The molecule has 0 radical (unpaired) electrons. The molecule has 0 saturated heterocycles. The molecule has 0 unspecified atom stereocenters. The Kier molecular flexibility index (Phi) is 3.18. The highest BCUT2D eigenvalue weighted by atomic mass is 15.0. The van der Waals surface area contributed by atoms with E-state index in [1.807, 2.05) is 0 Å². The van der Waals surface area contributed by atoms with Crippen molar-refractivity contribution in [3.05, 3.63) is 47.5 Å². The summed E-state index contributed by atoms with van der Waals surface area (Å²) in [4.78, 5) is 0. The Morgan fingerprint density at radius 1 is 0.714 bits per heavy atom. The second-order valence-electron chi connectivity index (χ2n) is 5.87. The zero-order chi connectivity index (χ0) is 14.1. The second-order valence-corrected chi connectivity index (χ2v) is 5.87. The largest absolute Gasteiger partial charge is 0.383 e. The average Bonchev–Trinajstić information content (AvgIpc) is 2.56. The lowest BCUT2D eigenvalue weighted by Gasteiger charge is -2.25. The van der Waals surface area contributed by atoms with Crippen LogP contribution in [0.2, 0.25) is 0 Å². The van der Waals surface area contributed by atoms with E-state index >= 15 is 0 Å². The highest BCUT2D eigenvalue weighted by molar-refractivity contribution is 5.84. The van der Waals surface area contributed by atoms with Crippen molar-refractivity contribution in [1.29, 1.82) is 0 Å². The summed E-state index contributed by atoms with van der Waals surface area (Å²) < 4.78 is 0. The first-order valence-corrected chi connectivity index (χ1v) is 7.90. The molecular formula is C18H21N3. The molecule has 2 aliphatic heterocycles. The van der Waals surface area contributed by atoms with E-state index in [4.69, 9.17) is 0 Å². The molecule has 108 valence electrons. The fourth-order valence-corrected chi connectivity index (χ4v) is 3.37. The minimum atomic E-state index is 1.07. The number of nitrogens with one attached hydrogen (secondary N) is 3. The van der Waals surface area contributed by atoms with Crippen LogP contribution in [0.5, 0.6) is 0 Å². The number of anilines is 4. The van der Waals surface area contributed by atoms with E-state index in [0.717, 1.165) is 13.1 Å². The van der Waals surface area contributed by atoms with Gasteiger partial charge in [0.05, 0.1) is 22.7 Å². The van der Waals surface area contributed by atoms with Crippen LogP contribution in [-0.4, -0.2) is 13.1 Å². The number of rotatable bonds is 2. The molecule has 0 aromatic heterocycles. The summed E-state index contributed by atoms with van der Waals surface area (Å²) in [7, 11) is 0. The molecule has 0 spiro atoms. The zero-order valence-electron chi connectivity index (χ0n) is 12.2. The third-order valence-electron chi connectivity index (χ3n) is 4.42. The van der Waals surface area contributed by atoms with E-state index in [2.05, 4.69) is 52.3 Å². The predicted molar refractivity (Wildman–Crippen MR) is 89.8 cm³/mol. The third kappa shape index (κ3) is 2.33. The van der Waals surface area contributed by atoms with E-state index in [1.165, 1.54) is 59.6 Å². The molecule has 0 aliphatic carbocycles. The van der Waals surface area contributed by atoms with E-state index in [-0.39, 0.29) is 0 Å². The van der Waals surface area contributed by atoms with Crippen LogP contribution >= 0.6 is 0 Å². The quantitative estimate of drug-likeness (QED) is 0.773. The van der Waals surface area contributed by atoms with E-state index < -0.39 is 0 Å². The first-order valence-electron chi connectivity index (χ1n) is 7.90. The van der Waals surface area contributed by atoms with Gasteiger partial charge in [0.1, 0.15) is 0 Å². The normalized spacial score (nSPS) is 16.2. The van der Waals surface area contributed by atoms with Crippen LogP contribution < -0.4 is 16.0 Å². The summed E-state index contributed by atoms with van der Waals surface area (Å²) >= 11 is 0. The molecule has 2 aliphatic rings. The summed E-state index contributed by atoms with van der Waals surface area (Å²) in [6.45, 7) is 2.13. The number of hydrogen-bond acceptors (Lipinski definition) is 3. The molecule has 3 heteroatoms. The molecule has 0 atom stereocenters. The Hall–Kier alpha value is -2.16. The van der Waals surface area contributed by atoms with Crippen molar-refractivity contribution >= 4 is 22.7 Å². The van der Waals surface area contributed by atoms with Gasteiger partial charge < -0.3 is 16.0 Å².